The van der Waals surface area contributed by atoms with Gasteiger partial charge in [0.2, 0.25) is 5.91 Å². The Morgan fingerprint density at radius 1 is 1.22 bits per heavy atom. The van der Waals surface area contributed by atoms with Crippen molar-refractivity contribution in [1.82, 2.24) is 5.32 Å². The summed E-state index contributed by atoms with van der Waals surface area (Å²) in [4.78, 5) is 35.6. The van der Waals surface area contributed by atoms with E-state index < -0.39 is 17.9 Å². The first-order valence-corrected chi connectivity index (χ1v) is 9.15. The van der Waals surface area contributed by atoms with E-state index in [1.807, 2.05) is 27.7 Å². The van der Waals surface area contributed by atoms with Crippen LogP contribution in [0.4, 0.5) is 5.69 Å². The van der Waals surface area contributed by atoms with Gasteiger partial charge in [-0.15, -0.1) is 0 Å². The number of amides is 2. The van der Waals surface area contributed by atoms with E-state index in [9.17, 15) is 19.5 Å². The summed E-state index contributed by atoms with van der Waals surface area (Å²) in [6.45, 7) is 7.90. The van der Waals surface area contributed by atoms with Crippen LogP contribution in [0, 0.1) is 11.8 Å². The van der Waals surface area contributed by atoms with E-state index in [-0.39, 0.29) is 30.5 Å². The Labute approximate surface area is 159 Å². The average Bonchev–Trinajstić information content (AvgIpc) is 3.30. The van der Waals surface area contributed by atoms with Gasteiger partial charge in [0.25, 0.3) is 5.91 Å². The molecule has 1 aromatic carbocycles. The lowest BCUT2D eigenvalue weighted by atomic mass is 10.1. The summed E-state index contributed by atoms with van der Waals surface area (Å²) in [7, 11) is 0. The van der Waals surface area contributed by atoms with Crippen molar-refractivity contribution in [2.24, 2.45) is 11.8 Å². The van der Waals surface area contributed by atoms with Gasteiger partial charge in [-0.3, -0.25) is 9.59 Å². The van der Waals surface area contributed by atoms with Crippen LogP contribution in [0.1, 0.15) is 50.9 Å². The third-order valence-electron chi connectivity index (χ3n) is 4.41. The highest BCUT2D eigenvalue weighted by molar-refractivity contribution is 5.98. The zero-order chi connectivity index (χ0) is 20.2. The van der Waals surface area contributed by atoms with Crippen molar-refractivity contribution >= 4 is 23.5 Å². The number of ether oxygens (including phenoxy) is 1. The van der Waals surface area contributed by atoms with Crippen molar-refractivity contribution in [3.63, 3.8) is 0 Å². The molecule has 3 unspecified atom stereocenters. The quantitative estimate of drug-likeness (QED) is 0.647. The van der Waals surface area contributed by atoms with Gasteiger partial charge in [0.15, 0.2) is 0 Å². The van der Waals surface area contributed by atoms with Crippen molar-refractivity contribution in [2.45, 2.75) is 52.2 Å². The summed E-state index contributed by atoms with van der Waals surface area (Å²) in [5.41, 5.74) is 0.575. The lowest BCUT2D eigenvalue weighted by Crippen LogP contribution is -2.42. The normalized spacial score (nSPS) is 19.9. The maximum atomic E-state index is 12.3. The Kier molecular flexibility index (Phi) is 6.59. The number of rotatable bonds is 8. The van der Waals surface area contributed by atoms with Crippen LogP contribution in [0.2, 0.25) is 0 Å². The molecule has 7 heteroatoms. The minimum Gasteiger partial charge on any atom is -0.480 e. The largest absolute Gasteiger partial charge is 0.480 e. The Morgan fingerprint density at radius 3 is 2.30 bits per heavy atom. The number of hydrogen-bond acceptors (Lipinski definition) is 4. The lowest BCUT2D eigenvalue weighted by Gasteiger charge is -2.21. The van der Waals surface area contributed by atoms with Gasteiger partial charge < -0.3 is 20.5 Å². The molecule has 2 rings (SSSR count). The molecule has 2 amide bonds. The van der Waals surface area contributed by atoms with Crippen molar-refractivity contribution in [2.75, 3.05) is 11.9 Å². The molecule has 3 N–H and O–H groups in total. The standard InChI is InChI=1S/C20H28N2O5/c1-12-11-15(12)18(24)21-14-7-5-13(6-8-14)17(23)22-16(19(25)26)9-10-27-20(2,3)4/h5-8,12,15-16H,9-11H2,1-4H3,(H,21,24)(H,22,23)(H,25,26). The van der Waals surface area contributed by atoms with E-state index in [4.69, 9.17) is 4.74 Å². The van der Waals surface area contributed by atoms with E-state index >= 15 is 0 Å². The Bertz CT molecular complexity index is 693. The van der Waals surface area contributed by atoms with Crippen LogP contribution in [0.15, 0.2) is 24.3 Å². The van der Waals surface area contributed by atoms with Gasteiger partial charge >= 0.3 is 5.97 Å². The molecule has 1 saturated carbocycles. The summed E-state index contributed by atoms with van der Waals surface area (Å²) in [6.07, 6.45) is 1.08. The van der Waals surface area contributed by atoms with Gasteiger partial charge in [-0.2, -0.15) is 0 Å². The molecule has 1 aliphatic carbocycles. The monoisotopic (exact) mass is 376 g/mol. The number of carboxylic acid groups (broad SMARTS) is 1. The van der Waals surface area contributed by atoms with Gasteiger partial charge in [-0.25, -0.2) is 4.79 Å². The highest BCUT2D eigenvalue weighted by Crippen LogP contribution is 2.38. The molecule has 0 heterocycles. The zero-order valence-corrected chi connectivity index (χ0v) is 16.2. The fourth-order valence-corrected chi connectivity index (χ4v) is 2.61. The van der Waals surface area contributed by atoms with Gasteiger partial charge in [-0.05, 0) is 57.4 Å². The molecule has 0 radical (unpaired) electrons. The first-order valence-electron chi connectivity index (χ1n) is 9.15. The number of carbonyl (C=O) groups is 3. The fourth-order valence-electron chi connectivity index (χ4n) is 2.61. The van der Waals surface area contributed by atoms with E-state index in [2.05, 4.69) is 10.6 Å². The number of aliphatic carboxylic acids is 1. The second-order valence-corrected chi connectivity index (χ2v) is 8.00. The average molecular weight is 376 g/mol. The number of carbonyl (C=O) groups excluding carboxylic acids is 2. The first-order chi connectivity index (χ1) is 12.6. The molecule has 0 aromatic heterocycles. The van der Waals surface area contributed by atoms with Gasteiger partial charge in [0.05, 0.1) is 5.60 Å². The van der Waals surface area contributed by atoms with Crippen LogP contribution in [-0.2, 0) is 14.3 Å². The van der Waals surface area contributed by atoms with Crippen molar-refractivity contribution in [3.8, 4) is 0 Å². The molecule has 1 aromatic rings. The second kappa shape index (κ2) is 8.52. The smallest absolute Gasteiger partial charge is 0.326 e. The van der Waals surface area contributed by atoms with Crippen LogP contribution in [0.5, 0.6) is 0 Å². The molecule has 1 aliphatic rings. The molecule has 0 aliphatic heterocycles. The number of anilines is 1. The second-order valence-electron chi connectivity index (χ2n) is 8.00. The number of nitrogens with one attached hydrogen (secondary N) is 2. The summed E-state index contributed by atoms with van der Waals surface area (Å²) >= 11 is 0. The number of benzene rings is 1. The van der Waals surface area contributed by atoms with Gasteiger partial charge in [-0.1, -0.05) is 6.92 Å². The van der Waals surface area contributed by atoms with E-state index in [1.54, 1.807) is 24.3 Å². The molecule has 0 spiro atoms. The SMILES string of the molecule is CC1CC1C(=O)Nc1ccc(C(=O)NC(CCOC(C)(C)C)C(=O)O)cc1. The molecule has 148 valence electrons. The summed E-state index contributed by atoms with van der Waals surface area (Å²) < 4.78 is 5.53. The lowest BCUT2D eigenvalue weighted by molar-refractivity contribution is -0.140. The Balaban J connectivity index is 1.89. The minimum absolute atomic E-state index is 0.00973. The number of carboxylic acids is 1. The summed E-state index contributed by atoms with van der Waals surface area (Å²) in [6, 6.07) is 5.37. The fraction of sp³-hybridized carbons (Fsp3) is 0.550. The third kappa shape index (κ3) is 6.67. The van der Waals surface area contributed by atoms with E-state index in [1.165, 1.54) is 0 Å². The maximum Gasteiger partial charge on any atom is 0.326 e. The van der Waals surface area contributed by atoms with E-state index in [0.717, 1.165) is 6.42 Å². The predicted octanol–water partition coefficient (Wildman–Crippen LogP) is 2.67. The molecular weight excluding hydrogens is 348 g/mol. The third-order valence-corrected chi connectivity index (χ3v) is 4.41. The van der Waals surface area contributed by atoms with Crippen LogP contribution >= 0.6 is 0 Å². The zero-order valence-electron chi connectivity index (χ0n) is 16.2. The predicted molar refractivity (Wildman–Crippen MR) is 102 cm³/mol. The molecule has 0 saturated heterocycles. The van der Waals surface area contributed by atoms with Crippen LogP contribution < -0.4 is 10.6 Å². The van der Waals surface area contributed by atoms with Crippen LogP contribution in [0.25, 0.3) is 0 Å². The molecule has 0 bridgehead atoms. The van der Waals surface area contributed by atoms with Crippen molar-refractivity contribution in [1.29, 1.82) is 0 Å². The van der Waals surface area contributed by atoms with Crippen molar-refractivity contribution < 1.29 is 24.2 Å². The number of hydrogen-bond donors (Lipinski definition) is 3. The van der Waals surface area contributed by atoms with Crippen molar-refractivity contribution in [3.05, 3.63) is 29.8 Å². The first kappa shape index (κ1) is 20.9. The highest BCUT2D eigenvalue weighted by Gasteiger charge is 2.39. The summed E-state index contributed by atoms with van der Waals surface area (Å²) in [5.74, 6) is -1.11. The molecule has 27 heavy (non-hydrogen) atoms. The van der Waals surface area contributed by atoms with Gasteiger partial charge in [0, 0.05) is 30.2 Å². The van der Waals surface area contributed by atoms with Crippen LogP contribution in [-0.4, -0.2) is 41.1 Å². The molecule has 7 nitrogen and oxygen atoms in total. The molecular formula is C20H28N2O5. The Morgan fingerprint density at radius 2 is 1.81 bits per heavy atom. The highest BCUT2D eigenvalue weighted by atomic mass is 16.5. The minimum atomic E-state index is -1.11. The van der Waals surface area contributed by atoms with Gasteiger partial charge in [0.1, 0.15) is 6.04 Å². The maximum absolute atomic E-state index is 12.3. The van der Waals surface area contributed by atoms with E-state index in [0.29, 0.717) is 17.2 Å². The molecule has 3 atom stereocenters. The molecule has 1 fully saturated rings. The summed E-state index contributed by atoms with van der Waals surface area (Å²) in [5, 5.41) is 14.6. The van der Waals surface area contributed by atoms with Crippen LogP contribution in [0.3, 0.4) is 0 Å². The Hall–Kier alpha value is -2.41. The topological polar surface area (TPSA) is 105 Å².